The monoisotopic (exact) mass is 426 g/mol. The molecule has 8 heteroatoms. The first-order valence-corrected chi connectivity index (χ1v) is 10.0. The van der Waals surface area contributed by atoms with Crippen LogP contribution in [0.15, 0.2) is 23.6 Å². The van der Waals surface area contributed by atoms with Crippen LogP contribution in [0.5, 0.6) is 5.75 Å². The van der Waals surface area contributed by atoms with Gasteiger partial charge in [-0.2, -0.15) is 0 Å². The van der Waals surface area contributed by atoms with E-state index < -0.39 is 6.29 Å². The lowest BCUT2D eigenvalue weighted by atomic mass is 10.1. The summed E-state index contributed by atoms with van der Waals surface area (Å²) in [4.78, 5) is 9.34. The van der Waals surface area contributed by atoms with Crippen LogP contribution in [0.2, 0.25) is 10.0 Å². The molecule has 0 spiro atoms. The average Bonchev–Trinajstić information content (AvgIpc) is 3.15. The number of benzene rings is 1. The molecule has 2 heterocycles. The number of methoxy groups -OCH3 is 2. The zero-order valence-electron chi connectivity index (χ0n) is 15.5. The number of halogens is 2. The summed E-state index contributed by atoms with van der Waals surface area (Å²) in [6.45, 7) is 4.42. The van der Waals surface area contributed by atoms with Gasteiger partial charge in [0.25, 0.3) is 0 Å². The van der Waals surface area contributed by atoms with Crippen molar-refractivity contribution >= 4 is 45.4 Å². The van der Waals surface area contributed by atoms with Gasteiger partial charge in [0, 0.05) is 30.9 Å². The maximum atomic E-state index is 6.55. The van der Waals surface area contributed by atoms with Gasteiger partial charge in [-0.05, 0) is 18.2 Å². The quantitative estimate of drug-likeness (QED) is 0.447. The Labute approximate surface area is 172 Å². The number of nitrogens with zero attached hydrogens (tertiary/aromatic N) is 2. The molecule has 0 aliphatic rings. The van der Waals surface area contributed by atoms with Gasteiger partial charge in [-0.25, -0.2) is 9.97 Å². The van der Waals surface area contributed by atoms with Crippen LogP contribution in [0.4, 0.5) is 0 Å². The fraction of sp³-hybridized carbons (Fsp3) is 0.368. The third-order valence-corrected chi connectivity index (χ3v) is 5.84. The fourth-order valence-electron chi connectivity index (χ4n) is 2.50. The van der Waals surface area contributed by atoms with Gasteiger partial charge in [-0.3, -0.25) is 0 Å². The van der Waals surface area contributed by atoms with Gasteiger partial charge in [-0.1, -0.05) is 37.0 Å². The Hall–Kier alpha value is -1.44. The molecule has 27 heavy (non-hydrogen) atoms. The van der Waals surface area contributed by atoms with Crippen molar-refractivity contribution in [2.75, 3.05) is 20.8 Å². The van der Waals surface area contributed by atoms with Gasteiger partial charge in [0.15, 0.2) is 6.29 Å². The standard InChI is InChI=1S/C19H20Cl2N2O3S/c1-10(2)19-23-14(9-27-19)13-7-12(20)11-5-6-15(17(21)18(11)22-13)26-8-16(24-3)25-4/h5-7,9-10,16H,8H2,1-4H3. The second-order valence-corrected chi connectivity index (χ2v) is 7.88. The highest BCUT2D eigenvalue weighted by molar-refractivity contribution is 7.10. The molecule has 3 rings (SSSR count). The summed E-state index contributed by atoms with van der Waals surface area (Å²) in [5, 5.41) is 4.75. The number of aromatic nitrogens is 2. The van der Waals surface area contributed by atoms with E-state index >= 15 is 0 Å². The van der Waals surface area contributed by atoms with Crippen LogP contribution in [0.3, 0.4) is 0 Å². The van der Waals surface area contributed by atoms with E-state index in [0.29, 0.717) is 32.9 Å². The highest BCUT2D eigenvalue weighted by Gasteiger charge is 2.16. The number of hydrogen-bond acceptors (Lipinski definition) is 6. The van der Waals surface area contributed by atoms with E-state index in [1.54, 1.807) is 31.6 Å². The Kier molecular flexibility index (Phi) is 6.55. The van der Waals surface area contributed by atoms with E-state index in [1.165, 1.54) is 0 Å². The minimum absolute atomic E-state index is 0.204. The predicted molar refractivity (Wildman–Crippen MR) is 110 cm³/mol. The van der Waals surface area contributed by atoms with Gasteiger partial charge in [0.05, 0.1) is 26.9 Å². The van der Waals surface area contributed by atoms with Crippen LogP contribution < -0.4 is 4.74 Å². The molecule has 0 radical (unpaired) electrons. The smallest absolute Gasteiger partial charge is 0.191 e. The first kappa shape index (κ1) is 20.3. The van der Waals surface area contributed by atoms with E-state index in [-0.39, 0.29) is 6.61 Å². The highest BCUT2D eigenvalue weighted by atomic mass is 35.5. The number of ether oxygens (including phenoxy) is 3. The molecule has 0 saturated carbocycles. The van der Waals surface area contributed by atoms with Crippen LogP contribution >= 0.6 is 34.5 Å². The molecule has 0 bridgehead atoms. The normalized spacial score (nSPS) is 11.7. The molecule has 0 saturated heterocycles. The number of fused-ring (bicyclic) bond motifs is 1. The third-order valence-electron chi connectivity index (χ3n) is 4.01. The molecule has 0 amide bonds. The minimum Gasteiger partial charge on any atom is -0.487 e. The second kappa shape index (κ2) is 8.71. The molecule has 0 aliphatic carbocycles. The Morgan fingerprint density at radius 1 is 1.07 bits per heavy atom. The molecular formula is C19H20Cl2N2O3S. The first-order chi connectivity index (χ1) is 12.9. The van der Waals surface area contributed by atoms with Crippen molar-refractivity contribution < 1.29 is 14.2 Å². The molecule has 2 aromatic heterocycles. The van der Waals surface area contributed by atoms with E-state index in [2.05, 4.69) is 18.8 Å². The van der Waals surface area contributed by atoms with Crippen molar-refractivity contribution in [3.05, 3.63) is 38.6 Å². The Bertz CT molecular complexity index is 942. The molecule has 144 valence electrons. The molecule has 3 aromatic rings. The molecular weight excluding hydrogens is 407 g/mol. The molecule has 0 fully saturated rings. The van der Waals surface area contributed by atoms with Gasteiger partial charge < -0.3 is 14.2 Å². The summed E-state index contributed by atoms with van der Waals surface area (Å²) < 4.78 is 16.0. The highest BCUT2D eigenvalue weighted by Crippen LogP contribution is 2.37. The zero-order valence-corrected chi connectivity index (χ0v) is 17.8. The average molecular weight is 427 g/mol. The van der Waals surface area contributed by atoms with Crippen LogP contribution in [0.25, 0.3) is 22.3 Å². The molecule has 0 aliphatic heterocycles. The van der Waals surface area contributed by atoms with E-state index in [0.717, 1.165) is 16.1 Å². The molecule has 0 N–H and O–H groups in total. The maximum absolute atomic E-state index is 6.55. The topological polar surface area (TPSA) is 53.5 Å². The van der Waals surface area contributed by atoms with Gasteiger partial charge >= 0.3 is 0 Å². The minimum atomic E-state index is -0.482. The largest absolute Gasteiger partial charge is 0.487 e. The fourth-order valence-corrected chi connectivity index (χ4v) is 3.85. The maximum Gasteiger partial charge on any atom is 0.191 e. The Balaban J connectivity index is 2.00. The third kappa shape index (κ3) is 4.36. The Morgan fingerprint density at radius 3 is 2.44 bits per heavy atom. The summed E-state index contributed by atoms with van der Waals surface area (Å²) in [6, 6.07) is 5.41. The van der Waals surface area contributed by atoms with E-state index in [4.69, 9.17) is 42.4 Å². The lowest BCUT2D eigenvalue weighted by Crippen LogP contribution is -2.22. The number of rotatable bonds is 7. The summed E-state index contributed by atoms with van der Waals surface area (Å²) in [5.41, 5.74) is 2.04. The second-order valence-electron chi connectivity index (χ2n) is 6.20. The van der Waals surface area contributed by atoms with Crippen molar-refractivity contribution in [2.45, 2.75) is 26.1 Å². The van der Waals surface area contributed by atoms with Crippen molar-refractivity contribution in [3.63, 3.8) is 0 Å². The van der Waals surface area contributed by atoms with Crippen LogP contribution in [0.1, 0.15) is 24.8 Å². The lowest BCUT2D eigenvalue weighted by Gasteiger charge is -2.16. The summed E-state index contributed by atoms with van der Waals surface area (Å²) in [6.07, 6.45) is -0.482. The van der Waals surface area contributed by atoms with Crippen LogP contribution in [-0.4, -0.2) is 37.1 Å². The summed E-state index contributed by atoms with van der Waals surface area (Å²) in [5.74, 6) is 0.850. The van der Waals surface area contributed by atoms with Crippen molar-refractivity contribution in [1.82, 2.24) is 9.97 Å². The summed E-state index contributed by atoms with van der Waals surface area (Å²) >= 11 is 14.6. The zero-order chi connectivity index (χ0) is 19.6. The van der Waals surface area contributed by atoms with Crippen molar-refractivity contribution in [2.24, 2.45) is 0 Å². The molecule has 1 aromatic carbocycles. The van der Waals surface area contributed by atoms with E-state index in [9.17, 15) is 0 Å². The summed E-state index contributed by atoms with van der Waals surface area (Å²) in [7, 11) is 3.10. The molecule has 0 atom stereocenters. The number of hydrogen-bond donors (Lipinski definition) is 0. The lowest BCUT2D eigenvalue weighted by molar-refractivity contribution is -0.121. The van der Waals surface area contributed by atoms with Crippen molar-refractivity contribution in [3.8, 4) is 17.1 Å². The van der Waals surface area contributed by atoms with Crippen molar-refractivity contribution in [1.29, 1.82) is 0 Å². The molecule has 0 unspecified atom stereocenters. The number of thiazole rings is 1. The van der Waals surface area contributed by atoms with Gasteiger partial charge in [0.1, 0.15) is 17.4 Å². The van der Waals surface area contributed by atoms with Crippen LogP contribution in [-0.2, 0) is 9.47 Å². The number of pyridine rings is 1. The van der Waals surface area contributed by atoms with E-state index in [1.807, 2.05) is 17.5 Å². The first-order valence-electron chi connectivity index (χ1n) is 8.37. The van der Waals surface area contributed by atoms with Gasteiger partial charge in [-0.15, -0.1) is 11.3 Å². The van der Waals surface area contributed by atoms with Crippen LogP contribution in [0, 0.1) is 0 Å². The SMILES string of the molecule is COC(COc1ccc2c(Cl)cc(-c3csc(C(C)C)n3)nc2c1Cl)OC. The van der Waals surface area contributed by atoms with Gasteiger partial charge in [0.2, 0.25) is 0 Å². The molecule has 5 nitrogen and oxygen atoms in total. The predicted octanol–water partition coefficient (Wildman–Crippen LogP) is 5.79. The Morgan fingerprint density at radius 2 is 1.81 bits per heavy atom.